The third kappa shape index (κ3) is 2.31. The van der Waals surface area contributed by atoms with Gasteiger partial charge in [0, 0.05) is 18.2 Å². The van der Waals surface area contributed by atoms with E-state index in [0.717, 1.165) is 30.0 Å². The van der Waals surface area contributed by atoms with Crippen LogP contribution in [0.4, 0.5) is 5.69 Å². The van der Waals surface area contributed by atoms with Crippen LogP contribution < -0.4 is 11.1 Å². The lowest BCUT2D eigenvalue weighted by Crippen LogP contribution is -2.46. The van der Waals surface area contributed by atoms with E-state index in [-0.39, 0.29) is 11.3 Å². The van der Waals surface area contributed by atoms with E-state index in [1.54, 1.807) is 0 Å². The van der Waals surface area contributed by atoms with Crippen molar-refractivity contribution in [2.24, 2.45) is 16.7 Å². The number of fused-ring (bicyclic) bond motifs is 2. The number of hydrogen-bond donors (Lipinski definition) is 2. The monoisotopic (exact) mass is 300 g/mol. The molecule has 2 aliphatic carbocycles. The highest BCUT2D eigenvalue weighted by atomic mass is 16.1. The number of para-hydroxylation sites is 1. The Morgan fingerprint density at radius 3 is 2.64 bits per heavy atom. The maximum atomic E-state index is 12.4. The highest BCUT2D eigenvalue weighted by molar-refractivity contribution is 5.77. The first-order valence-corrected chi connectivity index (χ1v) is 8.47. The third-order valence-electron chi connectivity index (χ3n) is 6.81. The molecule has 2 bridgehead atoms. The summed E-state index contributed by atoms with van der Waals surface area (Å²) in [5.74, 6) is 0.922. The largest absolute Gasteiger partial charge is 0.399 e. The van der Waals surface area contributed by atoms with Crippen molar-refractivity contribution in [1.82, 2.24) is 5.32 Å². The smallest absolute Gasteiger partial charge is 0.220 e. The molecule has 3 atom stereocenters. The van der Waals surface area contributed by atoms with Gasteiger partial charge in [-0.25, -0.2) is 0 Å². The van der Waals surface area contributed by atoms with Crippen LogP contribution in [0.5, 0.6) is 0 Å². The zero-order valence-corrected chi connectivity index (χ0v) is 14.0. The van der Waals surface area contributed by atoms with E-state index in [9.17, 15) is 4.79 Å². The molecule has 2 fully saturated rings. The van der Waals surface area contributed by atoms with Crippen LogP contribution in [0, 0.1) is 16.7 Å². The Balaban J connectivity index is 1.59. The Labute approximate surface area is 133 Å². The molecule has 3 N–H and O–H groups in total. The van der Waals surface area contributed by atoms with Crippen LogP contribution >= 0.6 is 0 Å². The minimum absolute atomic E-state index is 0.165. The first-order chi connectivity index (χ1) is 10.3. The van der Waals surface area contributed by atoms with E-state index >= 15 is 0 Å². The summed E-state index contributed by atoms with van der Waals surface area (Å²) in [6.07, 6.45) is 4.93. The van der Waals surface area contributed by atoms with Crippen LogP contribution in [0.25, 0.3) is 0 Å². The molecule has 3 nitrogen and oxygen atoms in total. The minimum Gasteiger partial charge on any atom is -0.399 e. The van der Waals surface area contributed by atoms with Gasteiger partial charge in [0.2, 0.25) is 5.91 Å². The molecule has 0 radical (unpaired) electrons. The Morgan fingerprint density at radius 2 is 2.05 bits per heavy atom. The van der Waals surface area contributed by atoms with Crippen molar-refractivity contribution in [3.05, 3.63) is 29.8 Å². The molecule has 0 heterocycles. The molecule has 3 heteroatoms. The Morgan fingerprint density at radius 1 is 1.32 bits per heavy atom. The number of aryl methyl sites for hydroxylation is 1. The maximum absolute atomic E-state index is 12.4. The van der Waals surface area contributed by atoms with Crippen molar-refractivity contribution in [3.63, 3.8) is 0 Å². The van der Waals surface area contributed by atoms with Gasteiger partial charge in [-0.2, -0.15) is 0 Å². The Bertz CT molecular complexity index is 581. The molecular weight excluding hydrogens is 272 g/mol. The van der Waals surface area contributed by atoms with Crippen LogP contribution in [0.3, 0.4) is 0 Å². The number of hydrogen-bond acceptors (Lipinski definition) is 2. The highest BCUT2D eigenvalue weighted by Gasteiger charge is 2.61. The van der Waals surface area contributed by atoms with Crippen LogP contribution in [0.2, 0.25) is 0 Å². The summed E-state index contributed by atoms with van der Waals surface area (Å²) in [6.45, 7) is 7.11. The maximum Gasteiger partial charge on any atom is 0.220 e. The van der Waals surface area contributed by atoms with Gasteiger partial charge >= 0.3 is 0 Å². The summed E-state index contributed by atoms with van der Waals surface area (Å²) in [5, 5.41) is 3.32. The number of carbonyl (C=O) groups excluding carboxylic acids is 1. The van der Waals surface area contributed by atoms with Crippen molar-refractivity contribution >= 4 is 11.6 Å². The second kappa shape index (κ2) is 5.29. The summed E-state index contributed by atoms with van der Waals surface area (Å²) < 4.78 is 0. The first kappa shape index (κ1) is 15.4. The zero-order valence-electron chi connectivity index (χ0n) is 14.0. The number of nitrogen functional groups attached to an aromatic ring is 1. The van der Waals surface area contributed by atoms with Crippen molar-refractivity contribution in [2.45, 2.75) is 58.9 Å². The Kier molecular flexibility index (Phi) is 3.70. The highest BCUT2D eigenvalue weighted by Crippen LogP contribution is 2.65. The van der Waals surface area contributed by atoms with E-state index in [0.29, 0.717) is 17.9 Å². The topological polar surface area (TPSA) is 55.1 Å². The lowest BCUT2D eigenvalue weighted by atomic mass is 9.69. The number of carbonyl (C=O) groups is 1. The average molecular weight is 300 g/mol. The van der Waals surface area contributed by atoms with Gasteiger partial charge in [-0.1, -0.05) is 39.0 Å². The van der Waals surface area contributed by atoms with Gasteiger partial charge in [0.05, 0.1) is 0 Å². The quantitative estimate of drug-likeness (QED) is 0.836. The molecule has 0 spiro atoms. The van der Waals surface area contributed by atoms with E-state index in [4.69, 9.17) is 5.73 Å². The predicted octanol–water partition coefficient (Wildman–Crippen LogP) is 3.53. The predicted molar refractivity (Wildman–Crippen MR) is 90.3 cm³/mol. The molecule has 1 aromatic carbocycles. The number of benzene rings is 1. The molecule has 0 aromatic heterocycles. The molecule has 0 aliphatic heterocycles. The van der Waals surface area contributed by atoms with Gasteiger partial charge in [-0.3, -0.25) is 4.79 Å². The van der Waals surface area contributed by atoms with Gasteiger partial charge in [-0.15, -0.1) is 0 Å². The normalized spacial score (nSPS) is 32.1. The SMILES string of the molecule is CC1(C)C2CCC1(C)C(NC(=O)CCc1ccccc1N)C2. The fraction of sp³-hybridized carbons (Fsp3) is 0.632. The van der Waals surface area contributed by atoms with Crippen molar-refractivity contribution < 1.29 is 4.79 Å². The third-order valence-corrected chi connectivity index (χ3v) is 6.81. The summed E-state index contributed by atoms with van der Waals surface area (Å²) >= 11 is 0. The standard InChI is InChI=1S/C19H28N2O/c1-18(2)14-10-11-19(18,3)16(12-14)21-17(22)9-8-13-6-4-5-7-15(13)20/h4-7,14,16H,8-12,20H2,1-3H3,(H,21,22). The number of nitrogens with one attached hydrogen (secondary N) is 1. The summed E-state index contributed by atoms with van der Waals surface area (Å²) in [5.41, 5.74) is 8.38. The fourth-order valence-corrected chi connectivity index (χ4v) is 4.70. The first-order valence-electron chi connectivity index (χ1n) is 8.47. The molecule has 22 heavy (non-hydrogen) atoms. The van der Waals surface area contributed by atoms with Crippen molar-refractivity contribution in [2.75, 3.05) is 5.73 Å². The van der Waals surface area contributed by atoms with E-state index in [1.165, 1.54) is 12.8 Å². The summed E-state index contributed by atoms with van der Waals surface area (Å²) in [7, 11) is 0. The molecular formula is C19H28N2O. The van der Waals surface area contributed by atoms with Crippen LogP contribution in [0.15, 0.2) is 24.3 Å². The number of nitrogens with two attached hydrogens (primary N) is 1. The second-order valence-electron chi connectivity index (χ2n) is 7.93. The molecule has 3 unspecified atom stereocenters. The summed E-state index contributed by atoms with van der Waals surface area (Å²) in [6, 6.07) is 8.14. The Hall–Kier alpha value is -1.51. The molecule has 2 saturated carbocycles. The van der Waals surface area contributed by atoms with Crippen LogP contribution in [-0.4, -0.2) is 11.9 Å². The van der Waals surface area contributed by atoms with Gasteiger partial charge in [0.15, 0.2) is 0 Å². The van der Waals surface area contributed by atoms with E-state index < -0.39 is 0 Å². The molecule has 120 valence electrons. The molecule has 1 amide bonds. The lowest BCUT2D eigenvalue weighted by Gasteiger charge is -2.39. The number of anilines is 1. The minimum atomic E-state index is 0.165. The summed E-state index contributed by atoms with van der Waals surface area (Å²) in [4.78, 5) is 12.4. The molecule has 0 saturated heterocycles. The van der Waals surface area contributed by atoms with E-state index in [1.807, 2.05) is 24.3 Å². The lowest BCUT2D eigenvalue weighted by molar-refractivity contribution is -0.122. The number of rotatable bonds is 4. The zero-order chi connectivity index (χ0) is 16.0. The second-order valence-corrected chi connectivity index (χ2v) is 7.93. The molecule has 1 aromatic rings. The molecule has 2 aliphatic rings. The van der Waals surface area contributed by atoms with Gasteiger partial charge in [-0.05, 0) is 54.1 Å². The van der Waals surface area contributed by atoms with Crippen molar-refractivity contribution in [3.8, 4) is 0 Å². The van der Waals surface area contributed by atoms with E-state index in [2.05, 4.69) is 26.1 Å². The average Bonchev–Trinajstić information content (AvgIpc) is 2.80. The van der Waals surface area contributed by atoms with Gasteiger partial charge < -0.3 is 11.1 Å². The van der Waals surface area contributed by atoms with Crippen molar-refractivity contribution in [1.29, 1.82) is 0 Å². The molecule has 3 rings (SSSR count). The van der Waals surface area contributed by atoms with Gasteiger partial charge in [0.25, 0.3) is 0 Å². The van der Waals surface area contributed by atoms with Crippen LogP contribution in [-0.2, 0) is 11.2 Å². The fourth-order valence-electron chi connectivity index (χ4n) is 4.70. The van der Waals surface area contributed by atoms with Gasteiger partial charge in [0.1, 0.15) is 0 Å². The van der Waals surface area contributed by atoms with Crippen LogP contribution in [0.1, 0.15) is 52.0 Å². The number of amides is 1.